The summed E-state index contributed by atoms with van der Waals surface area (Å²) in [5, 5.41) is 7.41. The molecule has 4 heteroatoms. The molecule has 1 aliphatic rings. The van der Waals surface area contributed by atoms with Crippen molar-refractivity contribution in [1.82, 2.24) is 15.1 Å². The average molecular weight is 259 g/mol. The summed E-state index contributed by atoms with van der Waals surface area (Å²) >= 11 is 0. The number of hydrogen-bond acceptors (Lipinski definition) is 2. The highest BCUT2D eigenvalue weighted by atomic mass is 19.1. The molecule has 100 valence electrons. The molecule has 1 N–H and O–H groups in total. The maximum atomic E-state index is 14.1. The van der Waals surface area contributed by atoms with Gasteiger partial charge in [0.05, 0.1) is 0 Å². The van der Waals surface area contributed by atoms with Crippen LogP contribution in [0.15, 0.2) is 36.7 Å². The Hall–Kier alpha value is -1.68. The predicted molar refractivity (Wildman–Crippen MR) is 72.8 cm³/mol. The molecule has 1 aromatic heterocycles. The summed E-state index contributed by atoms with van der Waals surface area (Å²) in [6, 6.07) is 7.28. The molecule has 1 fully saturated rings. The van der Waals surface area contributed by atoms with Crippen molar-refractivity contribution in [1.29, 1.82) is 0 Å². The van der Waals surface area contributed by atoms with Crippen LogP contribution in [0.4, 0.5) is 4.39 Å². The van der Waals surface area contributed by atoms with Gasteiger partial charge in [0.2, 0.25) is 0 Å². The molecule has 0 unspecified atom stereocenters. The average Bonchev–Trinajstić information content (AvgIpc) is 2.94. The number of halogens is 1. The first-order valence-corrected chi connectivity index (χ1v) is 6.82. The summed E-state index contributed by atoms with van der Waals surface area (Å²) in [6.07, 6.45) is 6.75. The number of nitrogens with zero attached hydrogens (tertiary/aromatic N) is 2. The largest absolute Gasteiger partial charge is 0.317 e. The van der Waals surface area contributed by atoms with Crippen LogP contribution in [-0.2, 0) is 6.42 Å². The normalized spacial score (nSPS) is 16.7. The zero-order chi connectivity index (χ0) is 13.1. The predicted octanol–water partition coefficient (Wildman–Crippen LogP) is 2.55. The van der Waals surface area contributed by atoms with Gasteiger partial charge >= 0.3 is 0 Å². The minimum Gasteiger partial charge on any atom is -0.317 e. The third-order valence-corrected chi connectivity index (χ3v) is 3.75. The van der Waals surface area contributed by atoms with Gasteiger partial charge in [-0.25, -0.2) is 9.07 Å². The van der Waals surface area contributed by atoms with E-state index in [0.717, 1.165) is 25.1 Å². The van der Waals surface area contributed by atoms with E-state index < -0.39 is 0 Å². The van der Waals surface area contributed by atoms with Crippen LogP contribution in [0.5, 0.6) is 0 Å². The third kappa shape index (κ3) is 2.84. The van der Waals surface area contributed by atoms with Gasteiger partial charge in [-0.05, 0) is 62.0 Å². The second kappa shape index (κ2) is 5.53. The van der Waals surface area contributed by atoms with Gasteiger partial charge in [-0.3, -0.25) is 0 Å². The Morgan fingerprint density at radius 3 is 2.84 bits per heavy atom. The molecule has 3 nitrogen and oxygen atoms in total. The fourth-order valence-corrected chi connectivity index (χ4v) is 2.69. The smallest absolute Gasteiger partial charge is 0.149 e. The highest BCUT2D eigenvalue weighted by molar-refractivity contribution is 5.35. The van der Waals surface area contributed by atoms with E-state index in [1.807, 2.05) is 12.1 Å². The maximum Gasteiger partial charge on any atom is 0.149 e. The summed E-state index contributed by atoms with van der Waals surface area (Å²) in [4.78, 5) is 0. The fourth-order valence-electron chi connectivity index (χ4n) is 2.69. The summed E-state index contributed by atoms with van der Waals surface area (Å²) < 4.78 is 15.7. The maximum absolute atomic E-state index is 14.1. The standard InChI is InChI=1S/C15H18FN3/c16-14-11-13(10-12-4-7-17-8-5-12)2-3-15(14)19-9-1-6-18-19/h1-3,6,9,11-12,17H,4-5,7-8,10H2. The SMILES string of the molecule is Fc1cc(CC2CCNCC2)ccc1-n1cccn1. The molecule has 2 heterocycles. The Kier molecular flexibility index (Phi) is 3.60. The van der Waals surface area contributed by atoms with E-state index >= 15 is 0 Å². The van der Waals surface area contributed by atoms with Crippen molar-refractivity contribution in [2.45, 2.75) is 19.3 Å². The van der Waals surface area contributed by atoms with Crippen LogP contribution in [-0.4, -0.2) is 22.9 Å². The Bertz CT molecular complexity index is 530. The molecule has 1 saturated heterocycles. The van der Waals surface area contributed by atoms with Crippen LogP contribution in [0.2, 0.25) is 0 Å². The Labute approximate surface area is 112 Å². The molecule has 2 aromatic rings. The van der Waals surface area contributed by atoms with Gasteiger partial charge in [-0.1, -0.05) is 6.07 Å². The van der Waals surface area contributed by atoms with Gasteiger partial charge in [0, 0.05) is 12.4 Å². The van der Waals surface area contributed by atoms with Crippen molar-refractivity contribution in [2.75, 3.05) is 13.1 Å². The zero-order valence-electron chi connectivity index (χ0n) is 10.8. The van der Waals surface area contributed by atoms with Gasteiger partial charge in [-0.2, -0.15) is 5.10 Å². The van der Waals surface area contributed by atoms with Crippen molar-refractivity contribution in [3.05, 3.63) is 48.0 Å². The molecule has 0 radical (unpaired) electrons. The lowest BCUT2D eigenvalue weighted by Crippen LogP contribution is -2.28. The molecule has 0 saturated carbocycles. The summed E-state index contributed by atoms with van der Waals surface area (Å²) in [5.74, 6) is 0.478. The van der Waals surface area contributed by atoms with E-state index in [2.05, 4.69) is 10.4 Å². The Morgan fingerprint density at radius 1 is 1.32 bits per heavy atom. The van der Waals surface area contributed by atoms with Crippen molar-refractivity contribution in [2.24, 2.45) is 5.92 Å². The highest BCUT2D eigenvalue weighted by Gasteiger charge is 2.14. The summed E-state index contributed by atoms with van der Waals surface area (Å²) in [6.45, 7) is 2.16. The van der Waals surface area contributed by atoms with Crippen LogP contribution in [0, 0.1) is 11.7 Å². The number of nitrogens with one attached hydrogen (secondary N) is 1. The quantitative estimate of drug-likeness (QED) is 0.918. The minimum absolute atomic E-state index is 0.199. The number of benzene rings is 1. The van der Waals surface area contributed by atoms with E-state index in [4.69, 9.17) is 0 Å². The van der Waals surface area contributed by atoms with Crippen molar-refractivity contribution in [3.8, 4) is 5.69 Å². The van der Waals surface area contributed by atoms with Crippen LogP contribution in [0.3, 0.4) is 0 Å². The molecule has 1 aliphatic heterocycles. The molecular weight excluding hydrogens is 241 g/mol. The van der Waals surface area contributed by atoms with E-state index in [0.29, 0.717) is 11.6 Å². The number of piperidine rings is 1. The van der Waals surface area contributed by atoms with E-state index in [1.165, 1.54) is 12.8 Å². The summed E-state index contributed by atoms with van der Waals surface area (Å²) in [7, 11) is 0. The van der Waals surface area contributed by atoms with Gasteiger partial charge in [-0.15, -0.1) is 0 Å². The topological polar surface area (TPSA) is 29.9 Å². The first-order valence-electron chi connectivity index (χ1n) is 6.82. The first-order chi connectivity index (χ1) is 9.33. The van der Waals surface area contributed by atoms with E-state index in [-0.39, 0.29) is 5.82 Å². The van der Waals surface area contributed by atoms with Crippen molar-refractivity contribution < 1.29 is 4.39 Å². The summed E-state index contributed by atoms with van der Waals surface area (Å²) in [5.41, 5.74) is 1.60. The Balaban J connectivity index is 1.75. The van der Waals surface area contributed by atoms with Gasteiger partial charge in [0.15, 0.2) is 0 Å². The molecule has 0 amide bonds. The van der Waals surface area contributed by atoms with Crippen molar-refractivity contribution in [3.63, 3.8) is 0 Å². The molecule has 0 spiro atoms. The lowest BCUT2D eigenvalue weighted by atomic mass is 9.91. The molecule has 0 aliphatic carbocycles. The van der Waals surface area contributed by atoms with Gasteiger partial charge in [0.1, 0.15) is 11.5 Å². The van der Waals surface area contributed by atoms with Crippen LogP contribution in [0.25, 0.3) is 5.69 Å². The third-order valence-electron chi connectivity index (χ3n) is 3.75. The molecule has 0 atom stereocenters. The number of hydrogen-bond donors (Lipinski definition) is 1. The van der Waals surface area contributed by atoms with Crippen LogP contribution < -0.4 is 5.32 Å². The zero-order valence-corrected chi connectivity index (χ0v) is 10.8. The Morgan fingerprint density at radius 2 is 2.16 bits per heavy atom. The lowest BCUT2D eigenvalue weighted by molar-refractivity contribution is 0.372. The van der Waals surface area contributed by atoms with Crippen molar-refractivity contribution >= 4 is 0 Å². The number of aromatic nitrogens is 2. The minimum atomic E-state index is -0.199. The molecule has 1 aromatic carbocycles. The van der Waals surface area contributed by atoms with Gasteiger partial charge in [0.25, 0.3) is 0 Å². The number of rotatable bonds is 3. The second-order valence-corrected chi connectivity index (χ2v) is 5.13. The fraction of sp³-hybridized carbons (Fsp3) is 0.400. The van der Waals surface area contributed by atoms with Crippen LogP contribution in [0.1, 0.15) is 18.4 Å². The van der Waals surface area contributed by atoms with E-state index in [9.17, 15) is 4.39 Å². The molecule has 0 bridgehead atoms. The lowest BCUT2D eigenvalue weighted by Gasteiger charge is -2.22. The highest BCUT2D eigenvalue weighted by Crippen LogP contribution is 2.21. The second-order valence-electron chi connectivity index (χ2n) is 5.13. The van der Waals surface area contributed by atoms with E-state index in [1.54, 1.807) is 29.2 Å². The molecule has 3 rings (SSSR count). The first kappa shape index (κ1) is 12.4. The molecular formula is C15H18FN3. The molecule has 19 heavy (non-hydrogen) atoms. The van der Waals surface area contributed by atoms with Gasteiger partial charge < -0.3 is 5.32 Å². The van der Waals surface area contributed by atoms with Crippen LogP contribution >= 0.6 is 0 Å². The monoisotopic (exact) mass is 259 g/mol.